The number of anilines is 2. The largest absolute Gasteiger partial charge is 0.475 e. The van der Waals surface area contributed by atoms with Gasteiger partial charge in [0.05, 0.1) is 59.4 Å². The van der Waals surface area contributed by atoms with Gasteiger partial charge in [0.15, 0.2) is 0 Å². The number of pyridine rings is 1. The highest BCUT2D eigenvalue weighted by atomic mass is 32.2. The number of hydrogen-bond acceptors (Lipinski definition) is 9. The Bertz CT molecular complexity index is 1980. The van der Waals surface area contributed by atoms with Crippen LogP contribution in [-0.4, -0.2) is 73.1 Å². The fraction of sp³-hybridized carbons (Fsp3) is 0.405. The molecule has 2 aromatic carbocycles. The number of amides is 1. The molecule has 3 aliphatic rings. The Morgan fingerprint density at radius 3 is 2.37 bits per heavy atom. The average molecular weight is 683 g/mol. The van der Waals surface area contributed by atoms with Crippen LogP contribution in [0.5, 0.6) is 5.88 Å². The van der Waals surface area contributed by atoms with Crippen molar-refractivity contribution >= 4 is 27.6 Å². The molecule has 7 rings (SSSR count). The molecule has 1 N–H and O–H groups in total. The summed E-state index contributed by atoms with van der Waals surface area (Å²) in [5.74, 6) is -0.226. The monoisotopic (exact) mass is 682 g/mol. The first-order valence-corrected chi connectivity index (χ1v) is 18.1. The maximum atomic E-state index is 14.4. The number of ether oxygens (including phenoxy) is 2. The van der Waals surface area contributed by atoms with Gasteiger partial charge in [-0.05, 0) is 67.1 Å². The molecule has 1 spiro atoms. The molecule has 0 aliphatic carbocycles. The summed E-state index contributed by atoms with van der Waals surface area (Å²) in [7, 11) is -4.16. The molecule has 1 amide bonds. The van der Waals surface area contributed by atoms with E-state index in [4.69, 9.17) is 14.5 Å². The number of rotatable bonds is 5. The molecule has 5 heterocycles. The van der Waals surface area contributed by atoms with Crippen molar-refractivity contribution in [1.29, 1.82) is 0 Å². The van der Waals surface area contributed by atoms with Crippen LogP contribution < -0.4 is 14.4 Å². The van der Waals surface area contributed by atoms with E-state index in [9.17, 15) is 13.2 Å². The third kappa shape index (κ3) is 6.84. The van der Waals surface area contributed by atoms with E-state index in [0.29, 0.717) is 12.1 Å². The summed E-state index contributed by atoms with van der Waals surface area (Å²) < 4.78 is 41.7. The van der Waals surface area contributed by atoms with Crippen molar-refractivity contribution in [1.82, 2.24) is 19.9 Å². The Labute approximate surface area is 287 Å². The van der Waals surface area contributed by atoms with Crippen LogP contribution in [0.1, 0.15) is 54.4 Å². The van der Waals surface area contributed by atoms with Crippen molar-refractivity contribution in [3.05, 3.63) is 89.2 Å². The quantitative estimate of drug-likeness (QED) is 0.285. The molecule has 2 fully saturated rings. The molecule has 256 valence electrons. The van der Waals surface area contributed by atoms with E-state index >= 15 is 0 Å². The van der Waals surface area contributed by atoms with Gasteiger partial charge in [-0.15, -0.1) is 0 Å². The van der Waals surface area contributed by atoms with Gasteiger partial charge in [-0.3, -0.25) is 9.78 Å². The Balaban J connectivity index is 1.27. The number of hydrogen-bond donors (Lipinski definition) is 1. The summed E-state index contributed by atoms with van der Waals surface area (Å²) in [6.45, 7) is 14.2. The highest BCUT2D eigenvalue weighted by Crippen LogP contribution is 2.40. The van der Waals surface area contributed by atoms with Gasteiger partial charge in [0, 0.05) is 30.3 Å². The average Bonchev–Trinajstić information content (AvgIpc) is 3.00. The third-order valence-corrected chi connectivity index (χ3v) is 10.7. The molecule has 11 nitrogen and oxygen atoms in total. The first kappa shape index (κ1) is 33.0. The van der Waals surface area contributed by atoms with Crippen LogP contribution in [0.4, 0.5) is 11.6 Å². The van der Waals surface area contributed by atoms with Gasteiger partial charge in [0.2, 0.25) is 11.8 Å². The number of benzene rings is 2. The van der Waals surface area contributed by atoms with Crippen LogP contribution in [0.2, 0.25) is 0 Å². The summed E-state index contributed by atoms with van der Waals surface area (Å²) in [5.41, 5.74) is 5.47. The molecule has 0 unspecified atom stereocenters. The van der Waals surface area contributed by atoms with E-state index in [2.05, 4.69) is 40.4 Å². The predicted molar refractivity (Wildman–Crippen MR) is 187 cm³/mol. The fourth-order valence-electron chi connectivity index (χ4n) is 6.94. The van der Waals surface area contributed by atoms with Crippen molar-refractivity contribution in [2.75, 3.05) is 42.5 Å². The minimum atomic E-state index is -4.16. The first-order valence-electron chi connectivity index (χ1n) is 16.6. The molecule has 2 aromatic heterocycles. The number of nitrogens with zero attached hydrogens (tertiary/aromatic N) is 5. The molecule has 2 saturated heterocycles. The topological polar surface area (TPSA) is 127 Å². The summed E-state index contributed by atoms with van der Waals surface area (Å²) in [5, 5.41) is 0. The summed E-state index contributed by atoms with van der Waals surface area (Å²) in [6, 6.07) is 17.3. The van der Waals surface area contributed by atoms with Crippen molar-refractivity contribution < 1.29 is 22.7 Å². The van der Waals surface area contributed by atoms with E-state index in [1.165, 1.54) is 12.1 Å². The molecule has 0 saturated carbocycles. The third-order valence-electron chi connectivity index (χ3n) is 9.41. The Morgan fingerprint density at radius 2 is 1.71 bits per heavy atom. The van der Waals surface area contributed by atoms with E-state index in [1.54, 1.807) is 23.1 Å². The first-order chi connectivity index (χ1) is 23.3. The number of aryl methyl sites for hydroxylation is 2. The second-order valence-electron chi connectivity index (χ2n) is 14.8. The Hall–Kier alpha value is -4.55. The molecule has 4 aromatic rings. The molecule has 12 heteroatoms. The number of carbonyl (C=O) groups excluding carboxylic acids is 1. The molecular weight excluding hydrogens is 641 g/mol. The van der Waals surface area contributed by atoms with Crippen LogP contribution >= 0.6 is 0 Å². The number of carbonyl (C=O) groups is 1. The fourth-order valence-corrected chi connectivity index (χ4v) is 7.93. The van der Waals surface area contributed by atoms with Gasteiger partial charge in [-0.25, -0.2) is 18.1 Å². The number of sulfonamides is 1. The Kier molecular flexibility index (Phi) is 8.35. The standard InChI is InChI=1S/C37H42N6O5S/c1-24-8-6-9-25(2)33(24)31-15-32-40-35(39-31)41-49(45,46)30-11-7-10-26(14-30)34(44)43(29(19-48-32)16-36(3,4)5)18-27-12-13-28(17-38-27)42-20-37(21-42)22-47-23-37/h6-15,17,29H,16,18-23H2,1-5H3,(H,39,40,41)/t29-/m1/s1. The van der Waals surface area contributed by atoms with Crippen LogP contribution in [0.15, 0.2) is 71.8 Å². The van der Waals surface area contributed by atoms with Crippen LogP contribution in [0.3, 0.4) is 0 Å². The minimum Gasteiger partial charge on any atom is -0.475 e. The van der Waals surface area contributed by atoms with E-state index in [0.717, 1.165) is 54.4 Å². The van der Waals surface area contributed by atoms with Gasteiger partial charge >= 0.3 is 0 Å². The van der Waals surface area contributed by atoms with Gasteiger partial charge in [0.1, 0.15) is 6.61 Å². The molecule has 1 atom stereocenters. The Morgan fingerprint density at radius 1 is 0.980 bits per heavy atom. The zero-order valence-corrected chi connectivity index (χ0v) is 29.4. The smallest absolute Gasteiger partial charge is 0.264 e. The van der Waals surface area contributed by atoms with Gasteiger partial charge in [-0.1, -0.05) is 45.0 Å². The van der Waals surface area contributed by atoms with Gasteiger partial charge in [0.25, 0.3) is 15.9 Å². The maximum Gasteiger partial charge on any atom is 0.264 e. The molecular formula is C37H42N6O5S. The zero-order chi connectivity index (χ0) is 34.6. The lowest BCUT2D eigenvalue weighted by Gasteiger charge is -2.55. The van der Waals surface area contributed by atoms with E-state index in [-0.39, 0.29) is 52.2 Å². The van der Waals surface area contributed by atoms with Crippen LogP contribution in [0.25, 0.3) is 11.3 Å². The number of nitrogens with one attached hydrogen (secondary N) is 1. The summed E-state index contributed by atoms with van der Waals surface area (Å²) in [4.78, 5) is 32.3. The van der Waals surface area contributed by atoms with Crippen molar-refractivity contribution in [2.24, 2.45) is 10.8 Å². The lowest BCUT2D eigenvalue weighted by atomic mass is 9.78. The van der Waals surface area contributed by atoms with Gasteiger partial charge < -0.3 is 19.3 Å². The van der Waals surface area contributed by atoms with Crippen LogP contribution in [0, 0.1) is 24.7 Å². The second kappa shape index (κ2) is 12.4. The highest BCUT2D eigenvalue weighted by Gasteiger charge is 2.49. The van der Waals surface area contributed by atoms with Crippen molar-refractivity contribution in [2.45, 2.75) is 58.5 Å². The van der Waals surface area contributed by atoms with E-state index in [1.807, 2.05) is 50.4 Å². The van der Waals surface area contributed by atoms with Crippen LogP contribution in [-0.2, 0) is 21.3 Å². The van der Waals surface area contributed by atoms with Gasteiger partial charge in [-0.2, -0.15) is 4.98 Å². The number of aromatic nitrogens is 3. The highest BCUT2D eigenvalue weighted by molar-refractivity contribution is 7.92. The molecule has 49 heavy (non-hydrogen) atoms. The van der Waals surface area contributed by atoms with Crippen molar-refractivity contribution in [3.63, 3.8) is 0 Å². The lowest BCUT2D eigenvalue weighted by molar-refractivity contribution is -0.127. The second-order valence-corrected chi connectivity index (χ2v) is 16.5. The number of fused-ring (bicyclic) bond motifs is 4. The summed E-state index contributed by atoms with van der Waals surface area (Å²) in [6.07, 6.45) is 2.46. The predicted octanol–water partition coefficient (Wildman–Crippen LogP) is 5.63. The zero-order valence-electron chi connectivity index (χ0n) is 28.6. The minimum absolute atomic E-state index is 0.0693. The summed E-state index contributed by atoms with van der Waals surface area (Å²) >= 11 is 0. The maximum absolute atomic E-state index is 14.4. The van der Waals surface area contributed by atoms with E-state index < -0.39 is 16.1 Å². The molecule has 4 bridgehead atoms. The van der Waals surface area contributed by atoms with Crippen molar-refractivity contribution in [3.8, 4) is 17.1 Å². The SMILES string of the molecule is Cc1cccc(C)c1-c1cc2nc(n1)NS(=O)(=O)c1cccc(c1)C(=O)N(Cc1ccc(N3CC4(COC4)C3)cn1)[C@H](CC(C)(C)C)CO2. The lowest BCUT2D eigenvalue weighted by Crippen LogP contribution is -2.66. The molecule has 3 aliphatic heterocycles. The normalized spacial score (nSPS) is 19.8. The molecule has 0 radical (unpaired) electrons.